The summed E-state index contributed by atoms with van der Waals surface area (Å²) in [6.45, 7) is 2.27. The van der Waals surface area contributed by atoms with Crippen LogP contribution >= 0.6 is 11.8 Å². The van der Waals surface area contributed by atoms with Gasteiger partial charge in [-0.25, -0.2) is 0 Å². The number of hydrogen-bond donors (Lipinski definition) is 2. The zero-order chi connectivity index (χ0) is 17.4. The molecule has 0 saturated carbocycles. The minimum Gasteiger partial charge on any atom is -0.454 e. The zero-order valence-corrected chi connectivity index (χ0v) is 14.9. The summed E-state index contributed by atoms with van der Waals surface area (Å²) in [5, 5.41) is 5.61. The van der Waals surface area contributed by atoms with Gasteiger partial charge in [-0.1, -0.05) is 6.07 Å². The van der Waals surface area contributed by atoms with Crippen LogP contribution in [0.25, 0.3) is 0 Å². The van der Waals surface area contributed by atoms with Crippen molar-refractivity contribution in [3.05, 3.63) is 23.8 Å². The fourth-order valence-corrected chi connectivity index (χ4v) is 2.95. The summed E-state index contributed by atoms with van der Waals surface area (Å²) in [5.74, 6) is 2.08. The number of amides is 2. The molecular weight excluding hydrogens is 328 g/mol. The molecule has 0 aliphatic carbocycles. The largest absolute Gasteiger partial charge is 0.454 e. The molecule has 0 radical (unpaired) electrons. The predicted molar refractivity (Wildman–Crippen MR) is 94.5 cm³/mol. The molecule has 24 heavy (non-hydrogen) atoms. The Labute approximate surface area is 146 Å². The summed E-state index contributed by atoms with van der Waals surface area (Å²) in [5.41, 5.74) is 1.15. The lowest BCUT2D eigenvalue weighted by molar-refractivity contribution is -0.128. The van der Waals surface area contributed by atoms with Gasteiger partial charge >= 0.3 is 0 Å². The summed E-state index contributed by atoms with van der Waals surface area (Å²) in [4.78, 5) is 23.4. The van der Waals surface area contributed by atoms with Gasteiger partial charge in [-0.3, -0.25) is 9.59 Å². The lowest BCUT2D eigenvalue weighted by Gasteiger charge is -2.17. The van der Waals surface area contributed by atoms with E-state index >= 15 is 0 Å². The summed E-state index contributed by atoms with van der Waals surface area (Å²) in [6, 6.07) is 5.43. The molecule has 1 aromatic rings. The van der Waals surface area contributed by atoms with E-state index in [9.17, 15) is 9.59 Å². The van der Waals surface area contributed by atoms with E-state index in [0.29, 0.717) is 13.0 Å². The number of fused-ring (bicyclic) bond motifs is 1. The average Bonchev–Trinajstić information content (AvgIpc) is 3.02. The van der Waals surface area contributed by atoms with Crippen LogP contribution in [0, 0.1) is 0 Å². The summed E-state index contributed by atoms with van der Waals surface area (Å²) in [6.07, 6.45) is 4.27. The molecule has 0 bridgehead atoms. The number of nitrogens with one attached hydrogen (secondary N) is 2. The highest BCUT2D eigenvalue weighted by molar-refractivity contribution is 7.98. The zero-order valence-electron chi connectivity index (χ0n) is 14.1. The third-order valence-electron chi connectivity index (χ3n) is 3.68. The van der Waals surface area contributed by atoms with Crippen LogP contribution in [-0.2, 0) is 16.0 Å². The third kappa shape index (κ3) is 5.63. The molecule has 1 aliphatic heterocycles. The molecule has 2 amide bonds. The van der Waals surface area contributed by atoms with E-state index in [4.69, 9.17) is 9.47 Å². The first-order valence-electron chi connectivity index (χ1n) is 8.02. The van der Waals surface area contributed by atoms with Crippen molar-refractivity contribution >= 4 is 23.6 Å². The molecular formula is C17H24N2O4S. The topological polar surface area (TPSA) is 76.7 Å². The van der Waals surface area contributed by atoms with Crippen LogP contribution in [0.15, 0.2) is 18.2 Å². The fourth-order valence-electron chi connectivity index (χ4n) is 2.47. The molecule has 1 atom stereocenters. The Morgan fingerprint density at radius 1 is 1.29 bits per heavy atom. The number of rotatable bonds is 9. The summed E-state index contributed by atoms with van der Waals surface area (Å²) < 4.78 is 10.6. The van der Waals surface area contributed by atoms with Gasteiger partial charge in [0, 0.05) is 13.5 Å². The Bertz CT molecular complexity index is 580. The lowest BCUT2D eigenvalue weighted by atomic mass is 10.1. The first-order chi connectivity index (χ1) is 11.6. The van der Waals surface area contributed by atoms with Crippen LogP contribution in [-0.4, -0.2) is 43.2 Å². The Hall–Kier alpha value is -1.89. The van der Waals surface area contributed by atoms with Crippen molar-refractivity contribution in [1.82, 2.24) is 10.6 Å². The van der Waals surface area contributed by atoms with Gasteiger partial charge in [0.05, 0.1) is 0 Å². The van der Waals surface area contributed by atoms with Crippen LogP contribution in [0.1, 0.15) is 25.3 Å². The van der Waals surface area contributed by atoms with Crippen molar-refractivity contribution in [2.75, 3.05) is 25.3 Å². The maximum absolute atomic E-state index is 12.2. The van der Waals surface area contributed by atoms with E-state index in [1.807, 2.05) is 24.5 Å². The molecule has 6 nitrogen and oxygen atoms in total. The van der Waals surface area contributed by atoms with Gasteiger partial charge in [-0.2, -0.15) is 11.8 Å². The van der Waals surface area contributed by atoms with Crippen LogP contribution in [0.3, 0.4) is 0 Å². The van der Waals surface area contributed by atoms with Crippen LogP contribution in [0.5, 0.6) is 11.5 Å². The quantitative estimate of drug-likeness (QED) is 0.662. The second-order valence-electron chi connectivity index (χ2n) is 5.62. The van der Waals surface area contributed by atoms with E-state index in [1.165, 1.54) is 6.92 Å². The standard InChI is InChI=1S/C17H24N2O4S/c1-12(20)19-14(7-9-24-2)17(21)18-8-3-4-13-5-6-15-16(10-13)23-11-22-15/h5-6,10,14H,3-4,7-9,11H2,1-2H3,(H,18,21)(H,19,20)/t14-/m0/s1. The first kappa shape index (κ1) is 18.4. The van der Waals surface area contributed by atoms with Gasteiger partial charge in [0.15, 0.2) is 11.5 Å². The highest BCUT2D eigenvalue weighted by Gasteiger charge is 2.18. The van der Waals surface area contributed by atoms with Crippen molar-refractivity contribution in [1.29, 1.82) is 0 Å². The van der Waals surface area contributed by atoms with Gasteiger partial charge < -0.3 is 20.1 Å². The van der Waals surface area contributed by atoms with Crippen LogP contribution in [0.2, 0.25) is 0 Å². The minimum absolute atomic E-state index is 0.120. The number of thioether (sulfide) groups is 1. The van der Waals surface area contributed by atoms with Gasteiger partial charge in [-0.05, 0) is 49.0 Å². The second-order valence-corrected chi connectivity index (χ2v) is 6.60. The SMILES string of the molecule is CSCC[C@H](NC(C)=O)C(=O)NCCCc1ccc2c(c1)OCO2. The molecule has 0 unspecified atom stereocenters. The number of aryl methyl sites for hydroxylation is 1. The number of carbonyl (C=O) groups is 2. The third-order valence-corrected chi connectivity index (χ3v) is 4.33. The van der Waals surface area contributed by atoms with Gasteiger partial charge in [0.25, 0.3) is 0 Å². The van der Waals surface area contributed by atoms with Crippen molar-refractivity contribution < 1.29 is 19.1 Å². The first-order valence-corrected chi connectivity index (χ1v) is 9.42. The number of carbonyl (C=O) groups excluding carboxylic acids is 2. The van der Waals surface area contributed by atoms with Crippen molar-refractivity contribution in [2.45, 2.75) is 32.2 Å². The molecule has 132 valence electrons. The molecule has 1 aliphatic rings. The highest BCUT2D eigenvalue weighted by Crippen LogP contribution is 2.32. The minimum atomic E-state index is -0.458. The van der Waals surface area contributed by atoms with Gasteiger partial charge in [0.1, 0.15) is 6.04 Å². The molecule has 0 saturated heterocycles. The van der Waals surface area contributed by atoms with Gasteiger partial charge in [0.2, 0.25) is 18.6 Å². The fraction of sp³-hybridized carbons (Fsp3) is 0.529. The van der Waals surface area contributed by atoms with E-state index in [-0.39, 0.29) is 18.6 Å². The highest BCUT2D eigenvalue weighted by atomic mass is 32.2. The molecule has 1 heterocycles. The normalized spacial score (nSPS) is 13.4. The Balaban J connectivity index is 1.73. The Morgan fingerprint density at radius 3 is 2.83 bits per heavy atom. The number of ether oxygens (including phenoxy) is 2. The average molecular weight is 352 g/mol. The Kier molecular flexibility index (Phi) is 7.24. The van der Waals surface area contributed by atoms with Crippen molar-refractivity contribution in [2.24, 2.45) is 0 Å². The molecule has 1 aromatic carbocycles. The maximum Gasteiger partial charge on any atom is 0.242 e. The van der Waals surface area contributed by atoms with Crippen molar-refractivity contribution in [3.63, 3.8) is 0 Å². The van der Waals surface area contributed by atoms with Gasteiger partial charge in [-0.15, -0.1) is 0 Å². The van der Waals surface area contributed by atoms with Crippen molar-refractivity contribution in [3.8, 4) is 11.5 Å². The molecule has 7 heteroatoms. The molecule has 0 aromatic heterocycles. The monoisotopic (exact) mass is 352 g/mol. The molecule has 0 fully saturated rings. The summed E-state index contributed by atoms with van der Waals surface area (Å²) >= 11 is 1.66. The smallest absolute Gasteiger partial charge is 0.242 e. The van der Waals surface area contributed by atoms with E-state index < -0.39 is 6.04 Å². The van der Waals surface area contributed by atoms with E-state index in [2.05, 4.69) is 10.6 Å². The molecule has 2 rings (SSSR count). The second kappa shape index (κ2) is 9.42. The number of benzene rings is 1. The summed E-state index contributed by atoms with van der Waals surface area (Å²) in [7, 11) is 0. The number of hydrogen-bond acceptors (Lipinski definition) is 5. The maximum atomic E-state index is 12.2. The van der Waals surface area contributed by atoms with E-state index in [1.54, 1.807) is 11.8 Å². The molecule has 0 spiro atoms. The van der Waals surface area contributed by atoms with Crippen LogP contribution in [0.4, 0.5) is 0 Å². The molecule has 2 N–H and O–H groups in total. The Morgan fingerprint density at radius 2 is 2.08 bits per heavy atom. The predicted octanol–water partition coefficient (Wildman–Crippen LogP) is 1.72. The lowest BCUT2D eigenvalue weighted by Crippen LogP contribution is -2.46. The van der Waals surface area contributed by atoms with Crippen LogP contribution < -0.4 is 20.1 Å². The van der Waals surface area contributed by atoms with E-state index in [0.717, 1.165) is 35.7 Å².